The van der Waals surface area contributed by atoms with E-state index in [1.54, 1.807) is 37.3 Å². The zero-order valence-electron chi connectivity index (χ0n) is 19.0. The van der Waals surface area contributed by atoms with Gasteiger partial charge in [0.2, 0.25) is 10.0 Å². The van der Waals surface area contributed by atoms with E-state index in [1.165, 1.54) is 4.31 Å². The van der Waals surface area contributed by atoms with Crippen LogP contribution in [0.15, 0.2) is 71.6 Å². The van der Waals surface area contributed by atoms with E-state index in [9.17, 15) is 13.2 Å². The fourth-order valence-electron chi connectivity index (χ4n) is 3.41. The van der Waals surface area contributed by atoms with Crippen molar-refractivity contribution in [3.63, 3.8) is 0 Å². The Labute approximate surface area is 190 Å². The van der Waals surface area contributed by atoms with Crippen molar-refractivity contribution in [2.45, 2.75) is 45.7 Å². The van der Waals surface area contributed by atoms with Gasteiger partial charge in [0.1, 0.15) is 0 Å². The van der Waals surface area contributed by atoms with E-state index in [-0.39, 0.29) is 13.1 Å². The van der Waals surface area contributed by atoms with Gasteiger partial charge in [-0.25, -0.2) is 13.2 Å². The van der Waals surface area contributed by atoms with Crippen molar-refractivity contribution >= 4 is 16.0 Å². The van der Waals surface area contributed by atoms with Crippen molar-refractivity contribution in [3.05, 3.63) is 100 Å². The summed E-state index contributed by atoms with van der Waals surface area (Å²) in [5, 5.41) is 0. The maximum Gasteiger partial charge on any atom is 0.338 e. The van der Waals surface area contributed by atoms with Crippen molar-refractivity contribution in [3.8, 4) is 0 Å². The summed E-state index contributed by atoms with van der Waals surface area (Å²) in [5.74, 6) is -0.390. The summed E-state index contributed by atoms with van der Waals surface area (Å²) in [6, 6.07) is 20.2. The van der Waals surface area contributed by atoms with Crippen LogP contribution < -0.4 is 0 Å². The van der Waals surface area contributed by atoms with Crippen molar-refractivity contribution in [2.75, 3.05) is 6.61 Å². The molecule has 0 aromatic heterocycles. The highest BCUT2D eigenvalue weighted by molar-refractivity contribution is 7.89. The fourth-order valence-corrected chi connectivity index (χ4v) is 5.14. The number of nitrogens with zero attached hydrogens (tertiary/aromatic N) is 1. The Morgan fingerprint density at radius 1 is 0.812 bits per heavy atom. The second-order valence-electron chi connectivity index (χ2n) is 7.95. The number of carbonyl (C=O) groups excluding carboxylic acids is 1. The molecular weight excluding hydrogens is 422 g/mol. The van der Waals surface area contributed by atoms with Crippen LogP contribution in [0.1, 0.15) is 45.1 Å². The molecule has 0 fully saturated rings. The summed E-state index contributed by atoms with van der Waals surface area (Å²) >= 11 is 0. The second-order valence-corrected chi connectivity index (χ2v) is 9.85. The van der Waals surface area contributed by atoms with Gasteiger partial charge in [0.15, 0.2) is 0 Å². The number of ether oxygens (including phenoxy) is 1. The Hall–Kier alpha value is -2.96. The zero-order valence-corrected chi connectivity index (χ0v) is 19.8. The average molecular weight is 452 g/mol. The zero-order chi connectivity index (χ0) is 23.3. The number of rotatable bonds is 8. The molecule has 6 heteroatoms. The topological polar surface area (TPSA) is 63.7 Å². The molecule has 0 aliphatic rings. The molecule has 5 nitrogen and oxygen atoms in total. The Morgan fingerprint density at radius 3 is 1.91 bits per heavy atom. The molecule has 3 aromatic rings. The van der Waals surface area contributed by atoms with Gasteiger partial charge in [0, 0.05) is 13.1 Å². The Kier molecular flexibility index (Phi) is 7.48. The molecule has 0 atom stereocenters. The van der Waals surface area contributed by atoms with Gasteiger partial charge in [-0.3, -0.25) is 0 Å². The maximum atomic E-state index is 13.7. The highest BCUT2D eigenvalue weighted by Gasteiger charge is 2.27. The van der Waals surface area contributed by atoms with Crippen LogP contribution in [0.3, 0.4) is 0 Å². The van der Waals surface area contributed by atoms with Crippen LogP contribution in [0.5, 0.6) is 0 Å². The predicted octanol–water partition coefficient (Wildman–Crippen LogP) is 5.18. The van der Waals surface area contributed by atoms with E-state index in [0.717, 1.165) is 22.3 Å². The van der Waals surface area contributed by atoms with E-state index in [1.807, 2.05) is 57.2 Å². The predicted molar refractivity (Wildman–Crippen MR) is 126 cm³/mol. The van der Waals surface area contributed by atoms with Gasteiger partial charge in [-0.15, -0.1) is 0 Å². The summed E-state index contributed by atoms with van der Waals surface area (Å²) in [7, 11) is -3.75. The first-order chi connectivity index (χ1) is 15.2. The minimum Gasteiger partial charge on any atom is -0.462 e. The molecule has 0 aliphatic carbocycles. The molecule has 0 aliphatic heterocycles. The quantitative estimate of drug-likeness (QED) is 0.443. The second kappa shape index (κ2) is 10.1. The highest BCUT2D eigenvalue weighted by Crippen LogP contribution is 2.25. The summed E-state index contributed by atoms with van der Waals surface area (Å²) in [6.45, 7) is 8.19. The molecule has 168 valence electrons. The number of hydrogen-bond acceptors (Lipinski definition) is 4. The monoisotopic (exact) mass is 451 g/mol. The number of esters is 1. The third-order valence-corrected chi connectivity index (χ3v) is 7.20. The van der Waals surface area contributed by atoms with Crippen LogP contribution in [-0.2, 0) is 27.8 Å². The molecule has 0 heterocycles. The molecule has 0 spiro atoms. The lowest BCUT2D eigenvalue weighted by Gasteiger charge is -2.24. The molecule has 0 unspecified atom stereocenters. The van der Waals surface area contributed by atoms with Crippen LogP contribution in [0.4, 0.5) is 0 Å². The van der Waals surface area contributed by atoms with E-state index in [2.05, 4.69) is 0 Å². The van der Waals surface area contributed by atoms with Gasteiger partial charge in [0.05, 0.1) is 17.1 Å². The normalized spacial score (nSPS) is 11.5. The summed E-state index contributed by atoms with van der Waals surface area (Å²) in [5.41, 5.74) is 4.86. The average Bonchev–Trinajstić information content (AvgIpc) is 2.77. The van der Waals surface area contributed by atoms with Crippen LogP contribution >= 0.6 is 0 Å². The molecule has 0 amide bonds. The van der Waals surface area contributed by atoms with Crippen molar-refractivity contribution in [2.24, 2.45) is 0 Å². The van der Waals surface area contributed by atoms with E-state index >= 15 is 0 Å². The summed E-state index contributed by atoms with van der Waals surface area (Å²) < 4.78 is 33.9. The van der Waals surface area contributed by atoms with E-state index in [4.69, 9.17) is 4.74 Å². The third kappa shape index (κ3) is 5.64. The highest BCUT2D eigenvalue weighted by atomic mass is 32.2. The lowest BCUT2D eigenvalue weighted by atomic mass is 10.1. The van der Waals surface area contributed by atoms with Gasteiger partial charge in [0.25, 0.3) is 0 Å². The third-order valence-electron chi connectivity index (χ3n) is 5.27. The number of carbonyl (C=O) groups is 1. The first-order valence-electron chi connectivity index (χ1n) is 10.6. The van der Waals surface area contributed by atoms with Crippen molar-refractivity contribution in [1.29, 1.82) is 0 Å². The molecule has 3 rings (SSSR count). The smallest absolute Gasteiger partial charge is 0.338 e. The standard InChI is InChI=1S/C26H29NO4S/c1-5-31-26(28)24-14-12-23(13-15-24)18-27(17-22-10-7-19(2)8-11-22)32(29,30)25-16-20(3)6-9-21(25)4/h6-16H,5,17-18H2,1-4H3. The van der Waals surface area contributed by atoms with Gasteiger partial charge in [-0.2, -0.15) is 4.31 Å². The largest absolute Gasteiger partial charge is 0.462 e. The van der Waals surface area contributed by atoms with Crippen LogP contribution in [0.25, 0.3) is 0 Å². The SMILES string of the molecule is CCOC(=O)c1ccc(CN(Cc2ccc(C)cc2)S(=O)(=O)c2cc(C)ccc2C)cc1. The maximum absolute atomic E-state index is 13.7. The molecule has 0 saturated heterocycles. The molecule has 0 saturated carbocycles. The van der Waals surface area contributed by atoms with E-state index < -0.39 is 16.0 Å². The van der Waals surface area contributed by atoms with Crippen molar-refractivity contribution in [1.82, 2.24) is 4.31 Å². The number of aryl methyl sites for hydroxylation is 3. The number of benzene rings is 3. The first-order valence-corrected chi connectivity index (χ1v) is 12.0. The lowest BCUT2D eigenvalue weighted by molar-refractivity contribution is 0.0526. The van der Waals surface area contributed by atoms with Gasteiger partial charge in [-0.1, -0.05) is 54.1 Å². The fraction of sp³-hybridized carbons (Fsp3) is 0.269. The van der Waals surface area contributed by atoms with E-state index in [0.29, 0.717) is 22.6 Å². The number of sulfonamides is 1. The molecule has 3 aromatic carbocycles. The Balaban J connectivity index is 1.96. The van der Waals surface area contributed by atoms with Crippen LogP contribution in [-0.4, -0.2) is 25.3 Å². The van der Waals surface area contributed by atoms with Crippen LogP contribution in [0, 0.1) is 20.8 Å². The van der Waals surface area contributed by atoms with Crippen molar-refractivity contribution < 1.29 is 17.9 Å². The molecule has 0 N–H and O–H groups in total. The molecular formula is C26H29NO4S. The Bertz CT molecular complexity index is 1180. The summed E-state index contributed by atoms with van der Waals surface area (Å²) in [6.07, 6.45) is 0. The number of hydrogen-bond donors (Lipinski definition) is 0. The van der Waals surface area contributed by atoms with Gasteiger partial charge in [-0.05, 0) is 68.1 Å². The first kappa shape index (κ1) is 23.7. The Morgan fingerprint density at radius 2 is 1.34 bits per heavy atom. The molecule has 0 bridgehead atoms. The van der Waals surface area contributed by atoms with Gasteiger partial charge >= 0.3 is 5.97 Å². The molecule has 32 heavy (non-hydrogen) atoms. The minimum absolute atomic E-state index is 0.187. The summed E-state index contributed by atoms with van der Waals surface area (Å²) in [4.78, 5) is 12.2. The molecule has 0 radical (unpaired) electrons. The van der Waals surface area contributed by atoms with Gasteiger partial charge < -0.3 is 4.74 Å². The lowest BCUT2D eigenvalue weighted by Crippen LogP contribution is -2.31. The minimum atomic E-state index is -3.75. The van der Waals surface area contributed by atoms with Crippen LogP contribution in [0.2, 0.25) is 0 Å².